The van der Waals surface area contributed by atoms with E-state index in [-0.39, 0.29) is 12.1 Å². The molecule has 0 aromatic carbocycles. The van der Waals surface area contributed by atoms with Gasteiger partial charge in [-0.2, -0.15) is 0 Å². The zero-order valence-corrected chi connectivity index (χ0v) is 13.9. The number of aliphatic hydroxyl groups is 1. The highest BCUT2D eigenvalue weighted by Crippen LogP contribution is 2.34. The van der Waals surface area contributed by atoms with Gasteiger partial charge in [0.25, 0.3) is 0 Å². The Balaban J connectivity index is 2.01. The maximum atomic E-state index is 9.93. The van der Waals surface area contributed by atoms with E-state index in [1.165, 1.54) is 32.4 Å². The Hall–Kier alpha value is -0.120. The summed E-state index contributed by atoms with van der Waals surface area (Å²) in [5.41, 5.74) is -0.0407. The molecule has 2 N–H and O–H groups in total. The zero-order chi connectivity index (χ0) is 14.8. The lowest BCUT2D eigenvalue weighted by Gasteiger charge is -2.48. The number of rotatable bonds is 4. The van der Waals surface area contributed by atoms with Crippen molar-refractivity contribution < 1.29 is 5.11 Å². The van der Waals surface area contributed by atoms with Gasteiger partial charge in [0.2, 0.25) is 0 Å². The van der Waals surface area contributed by atoms with Crippen LogP contribution in [-0.2, 0) is 0 Å². The first-order valence-electron chi connectivity index (χ1n) is 8.57. The number of piperidine rings is 1. The average Bonchev–Trinajstić information content (AvgIpc) is 2.37. The molecule has 4 unspecified atom stereocenters. The van der Waals surface area contributed by atoms with Gasteiger partial charge in [0.15, 0.2) is 0 Å². The summed E-state index contributed by atoms with van der Waals surface area (Å²) in [5.74, 6) is 1.64. The Morgan fingerprint density at radius 2 is 1.90 bits per heavy atom. The summed E-state index contributed by atoms with van der Waals surface area (Å²) < 4.78 is 0. The van der Waals surface area contributed by atoms with Crippen LogP contribution in [0.1, 0.15) is 59.8 Å². The molecule has 3 nitrogen and oxygen atoms in total. The van der Waals surface area contributed by atoms with Crippen LogP contribution in [0.15, 0.2) is 0 Å². The lowest BCUT2D eigenvalue weighted by molar-refractivity contribution is 0.0247. The molecular weight excluding hydrogens is 248 g/mol. The van der Waals surface area contributed by atoms with Crippen LogP contribution in [0.2, 0.25) is 0 Å². The topological polar surface area (TPSA) is 35.5 Å². The standard InChI is InChI=1S/C17H34N2O/c1-13(2)18-17(12-20)7-5-6-16(9-17)19-10-14(3)8-15(4)11-19/h13-16,18,20H,5-12H2,1-4H3. The summed E-state index contributed by atoms with van der Waals surface area (Å²) in [4.78, 5) is 2.71. The summed E-state index contributed by atoms with van der Waals surface area (Å²) in [6.45, 7) is 11.9. The number of hydrogen-bond acceptors (Lipinski definition) is 3. The summed E-state index contributed by atoms with van der Waals surface area (Å²) >= 11 is 0. The van der Waals surface area contributed by atoms with E-state index in [1.807, 2.05) is 0 Å². The smallest absolute Gasteiger partial charge is 0.0613 e. The molecule has 0 bridgehead atoms. The summed E-state index contributed by atoms with van der Waals surface area (Å²) in [5, 5.41) is 13.6. The van der Waals surface area contributed by atoms with E-state index in [0.717, 1.165) is 24.7 Å². The molecule has 1 saturated heterocycles. The van der Waals surface area contributed by atoms with Gasteiger partial charge in [-0.25, -0.2) is 0 Å². The minimum absolute atomic E-state index is 0.0407. The third-order valence-corrected chi connectivity index (χ3v) is 5.13. The Kier molecular flexibility index (Phi) is 5.49. The summed E-state index contributed by atoms with van der Waals surface area (Å²) in [6.07, 6.45) is 6.15. The molecule has 4 atom stereocenters. The molecule has 2 rings (SSSR count). The van der Waals surface area contributed by atoms with Crippen LogP contribution >= 0.6 is 0 Å². The largest absolute Gasteiger partial charge is 0.394 e. The SMILES string of the molecule is CC1CC(C)CN(C2CCCC(CO)(NC(C)C)C2)C1. The fourth-order valence-electron chi connectivity index (χ4n) is 4.58. The number of nitrogens with zero attached hydrogens (tertiary/aromatic N) is 1. The Bertz CT molecular complexity index is 297. The Morgan fingerprint density at radius 1 is 1.25 bits per heavy atom. The van der Waals surface area contributed by atoms with Crippen LogP contribution in [0.4, 0.5) is 0 Å². The van der Waals surface area contributed by atoms with Gasteiger partial charge in [-0.3, -0.25) is 4.90 Å². The van der Waals surface area contributed by atoms with Gasteiger partial charge >= 0.3 is 0 Å². The summed E-state index contributed by atoms with van der Waals surface area (Å²) in [7, 11) is 0. The van der Waals surface area contributed by atoms with E-state index in [1.54, 1.807) is 0 Å². The molecule has 0 spiro atoms. The monoisotopic (exact) mass is 282 g/mol. The predicted octanol–water partition coefficient (Wildman–Crippen LogP) is 2.64. The van der Waals surface area contributed by atoms with Crippen molar-refractivity contribution >= 4 is 0 Å². The highest BCUT2D eigenvalue weighted by Gasteiger charge is 2.39. The first-order chi connectivity index (χ1) is 9.44. The van der Waals surface area contributed by atoms with Gasteiger partial charge in [-0.1, -0.05) is 27.7 Å². The van der Waals surface area contributed by atoms with Crippen molar-refractivity contribution in [3.05, 3.63) is 0 Å². The second kappa shape index (κ2) is 6.76. The second-order valence-electron chi connectivity index (χ2n) is 7.89. The van der Waals surface area contributed by atoms with E-state index < -0.39 is 0 Å². The van der Waals surface area contributed by atoms with Gasteiger partial charge in [0.1, 0.15) is 0 Å². The summed E-state index contributed by atoms with van der Waals surface area (Å²) in [6, 6.07) is 1.10. The van der Waals surface area contributed by atoms with Gasteiger partial charge < -0.3 is 10.4 Å². The van der Waals surface area contributed by atoms with Crippen LogP contribution in [0.5, 0.6) is 0 Å². The van der Waals surface area contributed by atoms with Gasteiger partial charge in [-0.05, 0) is 43.9 Å². The second-order valence-corrected chi connectivity index (χ2v) is 7.89. The lowest BCUT2D eigenvalue weighted by atomic mass is 9.77. The van der Waals surface area contributed by atoms with Crippen LogP contribution in [-0.4, -0.2) is 47.3 Å². The molecule has 118 valence electrons. The van der Waals surface area contributed by atoms with Gasteiger partial charge in [0, 0.05) is 30.7 Å². The lowest BCUT2D eigenvalue weighted by Crippen LogP contribution is -2.58. The molecule has 1 aliphatic heterocycles. The first kappa shape index (κ1) is 16.3. The minimum atomic E-state index is -0.0407. The van der Waals surface area contributed by atoms with E-state index in [0.29, 0.717) is 12.1 Å². The average molecular weight is 282 g/mol. The molecule has 1 saturated carbocycles. The number of aliphatic hydroxyl groups excluding tert-OH is 1. The molecule has 2 aliphatic rings. The molecule has 0 amide bonds. The number of nitrogens with one attached hydrogen (secondary N) is 1. The highest BCUT2D eigenvalue weighted by atomic mass is 16.3. The van der Waals surface area contributed by atoms with Crippen molar-refractivity contribution in [2.24, 2.45) is 11.8 Å². The maximum absolute atomic E-state index is 9.93. The molecule has 0 aromatic rings. The quantitative estimate of drug-likeness (QED) is 0.832. The Labute approximate surface area is 125 Å². The number of hydrogen-bond donors (Lipinski definition) is 2. The van der Waals surface area contributed by atoms with Gasteiger partial charge in [0.05, 0.1) is 6.61 Å². The molecule has 0 radical (unpaired) electrons. The molecule has 1 aliphatic carbocycles. The van der Waals surface area contributed by atoms with Crippen LogP contribution in [0.3, 0.4) is 0 Å². The first-order valence-corrected chi connectivity index (χ1v) is 8.57. The van der Waals surface area contributed by atoms with Crippen molar-refractivity contribution in [2.45, 2.75) is 77.4 Å². The van der Waals surface area contributed by atoms with Crippen molar-refractivity contribution in [3.8, 4) is 0 Å². The van der Waals surface area contributed by atoms with Crippen LogP contribution < -0.4 is 5.32 Å². The van der Waals surface area contributed by atoms with E-state index in [4.69, 9.17) is 0 Å². The molecule has 3 heteroatoms. The fourth-order valence-corrected chi connectivity index (χ4v) is 4.58. The third-order valence-electron chi connectivity index (χ3n) is 5.13. The molecule has 20 heavy (non-hydrogen) atoms. The molecule has 0 aromatic heterocycles. The van der Waals surface area contributed by atoms with Crippen molar-refractivity contribution in [1.82, 2.24) is 10.2 Å². The van der Waals surface area contributed by atoms with E-state index in [2.05, 4.69) is 37.9 Å². The van der Waals surface area contributed by atoms with E-state index in [9.17, 15) is 5.11 Å². The normalized spacial score (nSPS) is 40.2. The Morgan fingerprint density at radius 3 is 2.45 bits per heavy atom. The number of likely N-dealkylation sites (tertiary alicyclic amines) is 1. The van der Waals surface area contributed by atoms with Crippen LogP contribution in [0, 0.1) is 11.8 Å². The van der Waals surface area contributed by atoms with Gasteiger partial charge in [-0.15, -0.1) is 0 Å². The maximum Gasteiger partial charge on any atom is 0.0613 e. The minimum Gasteiger partial charge on any atom is -0.394 e. The predicted molar refractivity (Wildman–Crippen MR) is 84.9 cm³/mol. The third kappa shape index (κ3) is 3.96. The van der Waals surface area contributed by atoms with E-state index >= 15 is 0 Å². The van der Waals surface area contributed by atoms with Crippen LogP contribution in [0.25, 0.3) is 0 Å². The van der Waals surface area contributed by atoms with Crippen molar-refractivity contribution in [3.63, 3.8) is 0 Å². The van der Waals surface area contributed by atoms with Crippen molar-refractivity contribution in [1.29, 1.82) is 0 Å². The molecule has 1 heterocycles. The molecular formula is C17H34N2O. The fraction of sp³-hybridized carbons (Fsp3) is 1.00. The highest BCUT2D eigenvalue weighted by molar-refractivity contribution is 4.98. The zero-order valence-electron chi connectivity index (χ0n) is 13.9. The molecule has 2 fully saturated rings. The van der Waals surface area contributed by atoms with Crippen molar-refractivity contribution in [2.75, 3.05) is 19.7 Å².